The average Bonchev–Trinajstić information content (AvgIpc) is 3.07. The summed E-state index contributed by atoms with van der Waals surface area (Å²) in [7, 11) is 0. The lowest BCUT2D eigenvalue weighted by atomic mass is 9.74. The molecule has 2 aliphatic rings. The Bertz CT molecular complexity index is 653. The molecule has 150 valence electrons. The van der Waals surface area contributed by atoms with E-state index in [0.29, 0.717) is 25.2 Å². The minimum Gasteiger partial charge on any atom is -0.375 e. The van der Waals surface area contributed by atoms with Gasteiger partial charge < -0.3 is 15.7 Å². The summed E-state index contributed by atoms with van der Waals surface area (Å²) in [5.41, 5.74) is 4.47. The molecule has 0 unspecified atom stereocenters. The summed E-state index contributed by atoms with van der Waals surface area (Å²) in [6, 6.07) is 8.57. The van der Waals surface area contributed by atoms with E-state index in [9.17, 15) is 18.7 Å². The van der Waals surface area contributed by atoms with Crippen LogP contribution in [0.3, 0.4) is 0 Å². The van der Waals surface area contributed by atoms with Gasteiger partial charge in [-0.25, -0.2) is 8.78 Å². The van der Waals surface area contributed by atoms with Gasteiger partial charge in [0.25, 0.3) is 5.91 Å². The molecule has 1 aromatic carbocycles. The first-order chi connectivity index (χ1) is 12.8. The van der Waals surface area contributed by atoms with Gasteiger partial charge in [-0.2, -0.15) is 0 Å². The Morgan fingerprint density at radius 1 is 1.26 bits per heavy atom. The Morgan fingerprint density at radius 2 is 1.89 bits per heavy atom. The Kier molecular flexibility index (Phi) is 5.59. The molecule has 1 heterocycles. The summed E-state index contributed by atoms with van der Waals surface area (Å²) in [5.74, 6) is -4.06. The molecule has 1 aliphatic heterocycles. The summed E-state index contributed by atoms with van der Waals surface area (Å²) in [6.45, 7) is 3.68. The molecule has 2 atom stereocenters. The Morgan fingerprint density at radius 3 is 2.37 bits per heavy atom. The van der Waals surface area contributed by atoms with Crippen molar-refractivity contribution in [2.75, 3.05) is 19.6 Å². The molecule has 4 nitrogen and oxygen atoms in total. The number of halogens is 2. The maximum atomic E-state index is 13.9. The van der Waals surface area contributed by atoms with E-state index in [1.807, 2.05) is 0 Å². The highest BCUT2D eigenvalue weighted by atomic mass is 19.3. The summed E-state index contributed by atoms with van der Waals surface area (Å²) in [4.78, 5) is 15.1. The summed E-state index contributed by atoms with van der Waals surface area (Å²) in [6.07, 6.45) is 1.89. The lowest BCUT2D eigenvalue weighted by Gasteiger charge is -2.44. The highest BCUT2D eigenvalue weighted by molar-refractivity contribution is 5.87. The van der Waals surface area contributed by atoms with Gasteiger partial charge >= 0.3 is 0 Å². The molecule has 3 rings (SSSR count). The van der Waals surface area contributed by atoms with Crippen LogP contribution in [0.25, 0.3) is 0 Å². The number of alkyl halides is 2. The van der Waals surface area contributed by atoms with Crippen LogP contribution in [0.15, 0.2) is 30.3 Å². The van der Waals surface area contributed by atoms with Gasteiger partial charge in [-0.3, -0.25) is 4.79 Å². The number of likely N-dealkylation sites (tertiary alicyclic amines) is 1. The maximum absolute atomic E-state index is 13.9. The van der Waals surface area contributed by atoms with E-state index in [2.05, 4.69) is 6.92 Å². The van der Waals surface area contributed by atoms with Crippen molar-refractivity contribution in [3.05, 3.63) is 35.9 Å². The molecule has 1 saturated heterocycles. The molecule has 2 fully saturated rings. The van der Waals surface area contributed by atoms with Crippen molar-refractivity contribution < 1.29 is 18.7 Å². The van der Waals surface area contributed by atoms with E-state index in [0.717, 1.165) is 19.3 Å². The first-order valence-electron chi connectivity index (χ1n) is 9.91. The molecule has 0 bridgehead atoms. The molecule has 1 aromatic rings. The zero-order chi connectivity index (χ0) is 19.7. The quantitative estimate of drug-likeness (QED) is 0.824. The second-order valence-electron chi connectivity index (χ2n) is 8.28. The number of amides is 1. The summed E-state index contributed by atoms with van der Waals surface area (Å²) >= 11 is 0. The van der Waals surface area contributed by atoms with Gasteiger partial charge in [-0.05, 0) is 43.2 Å². The predicted octanol–water partition coefficient (Wildman–Crippen LogP) is 3.29. The van der Waals surface area contributed by atoms with Crippen LogP contribution in [0.1, 0.15) is 51.0 Å². The number of carbonyl (C=O) groups excluding carboxylic acids is 1. The zero-order valence-corrected chi connectivity index (χ0v) is 16.0. The SMILES string of the molecule is CCC1(CN)CCN(C(=O)[C@](O)(c2ccccc2)[C@@H]2CCC(F)(F)C2)CC1. The highest BCUT2D eigenvalue weighted by Gasteiger charge is 2.55. The molecular formula is C21H30F2N2O2. The fraction of sp³-hybridized carbons (Fsp3) is 0.667. The Hall–Kier alpha value is -1.53. The van der Waals surface area contributed by atoms with Gasteiger partial charge in [-0.15, -0.1) is 0 Å². The first-order valence-corrected chi connectivity index (χ1v) is 9.91. The number of aliphatic hydroxyl groups is 1. The van der Waals surface area contributed by atoms with Crippen molar-refractivity contribution in [2.24, 2.45) is 17.1 Å². The number of benzene rings is 1. The van der Waals surface area contributed by atoms with Crippen molar-refractivity contribution in [3.8, 4) is 0 Å². The second kappa shape index (κ2) is 7.47. The number of nitrogens with two attached hydrogens (primary N) is 1. The average molecular weight is 380 g/mol. The topological polar surface area (TPSA) is 66.6 Å². The van der Waals surface area contributed by atoms with E-state index in [1.165, 1.54) is 0 Å². The number of nitrogens with zero attached hydrogens (tertiary/aromatic N) is 1. The van der Waals surface area contributed by atoms with Crippen molar-refractivity contribution in [1.82, 2.24) is 4.90 Å². The third-order valence-electron chi connectivity index (χ3n) is 6.83. The molecule has 0 spiro atoms. The third-order valence-corrected chi connectivity index (χ3v) is 6.83. The molecule has 0 aromatic heterocycles. The van der Waals surface area contributed by atoms with Crippen LogP contribution >= 0.6 is 0 Å². The first kappa shape index (κ1) is 20.2. The number of carbonyl (C=O) groups is 1. The van der Waals surface area contributed by atoms with Crippen LogP contribution in [0.4, 0.5) is 8.78 Å². The van der Waals surface area contributed by atoms with Gasteiger partial charge in [0.2, 0.25) is 5.92 Å². The van der Waals surface area contributed by atoms with E-state index in [4.69, 9.17) is 5.73 Å². The molecule has 1 amide bonds. The largest absolute Gasteiger partial charge is 0.375 e. The van der Waals surface area contributed by atoms with E-state index >= 15 is 0 Å². The summed E-state index contributed by atoms with van der Waals surface area (Å²) < 4.78 is 27.8. The van der Waals surface area contributed by atoms with E-state index in [1.54, 1.807) is 35.2 Å². The Balaban J connectivity index is 1.87. The van der Waals surface area contributed by atoms with Gasteiger partial charge in [0.05, 0.1) is 0 Å². The lowest BCUT2D eigenvalue weighted by molar-refractivity contribution is -0.162. The molecule has 0 radical (unpaired) electrons. The number of rotatable bonds is 5. The van der Waals surface area contributed by atoms with Crippen molar-refractivity contribution in [1.29, 1.82) is 0 Å². The maximum Gasteiger partial charge on any atom is 0.259 e. The van der Waals surface area contributed by atoms with Crippen LogP contribution in [0.5, 0.6) is 0 Å². The minimum atomic E-state index is -2.83. The standard InChI is InChI=1S/C21H30F2N2O2/c1-2-19(15-24)10-12-25(13-11-19)18(26)21(27,16-6-4-3-5-7-16)17-8-9-20(22,23)14-17/h3-7,17,27H,2,8-15,24H2,1H3/t17-,21+/m1/s1. The molecule has 27 heavy (non-hydrogen) atoms. The minimum absolute atomic E-state index is 0.0298. The van der Waals surface area contributed by atoms with E-state index < -0.39 is 29.8 Å². The van der Waals surface area contributed by atoms with Gasteiger partial charge in [0, 0.05) is 31.8 Å². The fourth-order valence-electron chi connectivity index (χ4n) is 4.66. The highest BCUT2D eigenvalue weighted by Crippen LogP contribution is 2.48. The second-order valence-corrected chi connectivity index (χ2v) is 8.28. The predicted molar refractivity (Wildman–Crippen MR) is 100 cm³/mol. The number of hydrogen-bond acceptors (Lipinski definition) is 3. The number of piperidine rings is 1. The smallest absolute Gasteiger partial charge is 0.259 e. The zero-order valence-electron chi connectivity index (χ0n) is 16.0. The van der Waals surface area contributed by atoms with Crippen molar-refractivity contribution >= 4 is 5.91 Å². The number of hydrogen-bond donors (Lipinski definition) is 2. The Labute approximate surface area is 159 Å². The van der Waals surface area contributed by atoms with Crippen LogP contribution in [-0.4, -0.2) is 41.5 Å². The van der Waals surface area contributed by atoms with Crippen LogP contribution < -0.4 is 5.73 Å². The summed E-state index contributed by atoms with van der Waals surface area (Å²) in [5, 5.41) is 11.5. The van der Waals surface area contributed by atoms with Crippen LogP contribution in [0, 0.1) is 11.3 Å². The molecule has 1 aliphatic carbocycles. The van der Waals surface area contributed by atoms with Crippen LogP contribution in [-0.2, 0) is 10.4 Å². The molecule has 1 saturated carbocycles. The van der Waals surface area contributed by atoms with Crippen LogP contribution in [0.2, 0.25) is 0 Å². The van der Waals surface area contributed by atoms with E-state index in [-0.39, 0.29) is 18.3 Å². The molecular weight excluding hydrogens is 350 g/mol. The third kappa shape index (κ3) is 3.74. The van der Waals surface area contributed by atoms with Gasteiger partial charge in [0.1, 0.15) is 0 Å². The van der Waals surface area contributed by atoms with Gasteiger partial charge in [0.15, 0.2) is 5.60 Å². The molecule has 6 heteroatoms. The van der Waals surface area contributed by atoms with Crippen molar-refractivity contribution in [3.63, 3.8) is 0 Å². The fourth-order valence-corrected chi connectivity index (χ4v) is 4.66. The normalized spacial score (nSPS) is 26.6. The molecule has 3 N–H and O–H groups in total. The van der Waals surface area contributed by atoms with Gasteiger partial charge in [-0.1, -0.05) is 37.3 Å². The lowest BCUT2D eigenvalue weighted by Crippen LogP contribution is -2.55. The monoisotopic (exact) mass is 380 g/mol. The van der Waals surface area contributed by atoms with Crippen molar-refractivity contribution in [2.45, 2.75) is 57.0 Å².